The van der Waals surface area contributed by atoms with Crippen LogP contribution < -0.4 is 20.9 Å². The van der Waals surface area contributed by atoms with Crippen molar-refractivity contribution in [2.24, 2.45) is 0 Å². The molecule has 6 heterocycles. The summed E-state index contributed by atoms with van der Waals surface area (Å²) >= 11 is 1.59. The van der Waals surface area contributed by atoms with Crippen LogP contribution in [0.1, 0.15) is 35.3 Å². The summed E-state index contributed by atoms with van der Waals surface area (Å²) in [5, 5.41) is 4.05. The van der Waals surface area contributed by atoms with Gasteiger partial charge in [0, 0.05) is 37.9 Å². The van der Waals surface area contributed by atoms with Gasteiger partial charge in [0.05, 0.1) is 29.3 Å². The molecule has 2 aliphatic rings. The maximum atomic E-state index is 13.5. The highest BCUT2D eigenvalue weighted by Crippen LogP contribution is 2.35. The fourth-order valence-electron chi connectivity index (χ4n) is 4.85. The number of morpholine rings is 1. The van der Waals surface area contributed by atoms with Crippen LogP contribution in [0.3, 0.4) is 0 Å². The average Bonchev–Trinajstić information content (AvgIpc) is 3.37. The predicted molar refractivity (Wildman–Crippen MR) is 151 cm³/mol. The fourth-order valence-corrected chi connectivity index (χ4v) is 5.85. The third kappa shape index (κ3) is 4.99. The lowest BCUT2D eigenvalue weighted by Gasteiger charge is -2.29. The molecule has 0 unspecified atom stereocenters. The third-order valence-corrected chi connectivity index (χ3v) is 7.98. The molecule has 2 saturated heterocycles. The molecule has 0 saturated carbocycles. The van der Waals surface area contributed by atoms with E-state index >= 15 is 0 Å². The zero-order chi connectivity index (χ0) is 26.1. The van der Waals surface area contributed by atoms with Crippen LogP contribution in [0, 0.1) is 6.92 Å². The van der Waals surface area contributed by atoms with Crippen LogP contribution in [0.4, 0.5) is 22.5 Å². The molecule has 1 amide bonds. The number of pyridine rings is 3. The molecule has 0 aliphatic carbocycles. The molecule has 2 fully saturated rings. The number of aryl methyl sites for hydroxylation is 1. The molecular formula is C27H30N8O2S. The van der Waals surface area contributed by atoms with Crippen molar-refractivity contribution in [3.63, 3.8) is 0 Å². The number of piperidine rings is 1. The Hall–Kier alpha value is -3.83. The van der Waals surface area contributed by atoms with E-state index in [1.807, 2.05) is 25.1 Å². The van der Waals surface area contributed by atoms with Gasteiger partial charge in [-0.05, 0) is 56.0 Å². The Balaban J connectivity index is 1.34. The molecule has 4 aromatic heterocycles. The van der Waals surface area contributed by atoms with E-state index in [1.165, 1.54) is 6.42 Å². The molecule has 6 rings (SSSR count). The number of rotatable bonds is 5. The van der Waals surface area contributed by atoms with E-state index in [0.29, 0.717) is 41.8 Å². The number of nitrogens with two attached hydrogens (primary N) is 1. The number of fused-ring (bicyclic) bond motifs is 1. The first kappa shape index (κ1) is 24.5. The summed E-state index contributed by atoms with van der Waals surface area (Å²) in [5.74, 6) is 0.916. The average molecular weight is 531 g/mol. The Morgan fingerprint density at radius 3 is 2.58 bits per heavy atom. The molecule has 10 nitrogen and oxygen atoms in total. The zero-order valence-electron chi connectivity index (χ0n) is 21.3. The van der Waals surface area contributed by atoms with Crippen LogP contribution >= 0.6 is 11.3 Å². The number of ether oxygens (including phenoxy) is 1. The van der Waals surface area contributed by atoms with Gasteiger partial charge in [0.25, 0.3) is 5.91 Å². The Morgan fingerprint density at radius 1 is 1.00 bits per heavy atom. The minimum absolute atomic E-state index is 0.285. The largest absolute Gasteiger partial charge is 0.384 e. The quantitative estimate of drug-likeness (QED) is 0.392. The number of carbonyl (C=O) groups is 1. The van der Waals surface area contributed by atoms with Crippen molar-refractivity contribution in [1.29, 1.82) is 0 Å². The number of nitrogens with zero attached hydrogens (tertiary/aromatic N) is 6. The predicted octanol–water partition coefficient (Wildman–Crippen LogP) is 4.12. The van der Waals surface area contributed by atoms with Gasteiger partial charge in [-0.25, -0.2) is 15.0 Å². The molecule has 11 heteroatoms. The van der Waals surface area contributed by atoms with E-state index in [4.69, 9.17) is 20.4 Å². The standard InChI is InChI=1S/C27H30N8O2S/c1-17-5-7-19(30-23(17)18-6-8-22(28)29-16-18)26(36)31-20-15-21-24(32-25(20)34-9-3-2-4-10-34)33-27(38-21)35-11-13-37-14-12-35/h5-8,15-16H,2-4,9-14H2,1H3,(H2,28,29)(H,31,36). The SMILES string of the molecule is Cc1ccc(C(=O)Nc2cc3sc(N4CCOCC4)nc3nc2N2CCCCC2)nc1-c1ccc(N)nc1. The van der Waals surface area contributed by atoms with Crippen molar-refractivity contribution >= 4 is 50.0 Å². The third-order valence-electron chi connectivity index (χ3n) is 6.93. The first-order valence-electron chi connectivity index (χ1n) is 13.0. The molecule has 0 radical (unpaired) electrons. The van der Waals surface area contributed by atoms with Gasteiger partial charge < -0.3 is 25.6 Å². The van der Waals surface area contributed by atoms with Gasteiger partial charge in [-0.2, -0.15) is 4.98 Å². The molecule has 2 aliphatic heterocycles. The fraction of sp³-hybridized carbons (Fsp3) is 0.370. The molecule has 38 heavy (non-hydrogen) atoms. The Morgan fingerprint density at radius 2 is 1.82 bits per heavy atom. The number of hydrogen-bond acceptors (Lipinski definition) is 10. The van der Waals surface area contributed by atoms with Crippen LogP contribution in [0.15, 0.2) is 36.5 Å². The minimum Gasteiger partial charge on any atom is -0.384 e. The van der Waals surface area contributed by atoms with Gasteiger partial charge in [-0.1, -0.05) is 17.4 Å². The normalized spacial score (nSPS) is 16.1. The number of nitrogens with one attached hydrogen (secondary N) is 1. The molecule has 3 N–H and O–H groups in total. The van der Waals surface area contributed by atoms with Gasteiger partial charge in [0.15, 0.2) is 16.6 Å². The summed E-state index contributed by atoms with van der Waals surface area (Å²) in [6.07, 6.45) is 5.08. The lowest BCUT2D eigenvalue weighted by Crippen LogP contribution is -2.36. The van der Waals surface area contributed by atoms with Crippen LogP contribution in [-0.2, 0) is 4.74 Å². The van der Waals surface area contributed by atoms with Gasteiger partial charge >= 0.3 is 0 Å². The Labute approximate surface area is 224 Å². The van der Waals surface area contributed by atoms with E-state index in [0.717, 1.165) is 65.8 Å². The highest BCUT2D eigenvalue weighted by molar-refractivity contribution is 7.22. The second-order valence-corrected chi connectivity index (χ2v) is 10.6. The number of thiazole rings is 1. The number of hydrogen-bond donors (Lipinski definition) is 2. The van der Waals surface area contributed by atoms with E-state index in [9.17, 15) is 4.79 Å². The molecule has 0 spiro atoms. The van der Waals surface area contributed by atoms with E-state index in [-0.39, 0.29) is 5.91 Å². The van der Waals surface area contributed by atoms with Crippen molar-refractivity contribution in [3.8, 4) is 11.3 Å². The lowest BCUT2D eigenvalue weighted by atomic mass is 10.1. The highest BCUT2D eigenvalue weighted by atomic mass is 32.1. The molecule has 0 atom stereocenters. The second-order valence-electron chi connectivity index (χ2n) is 9.61. The summed E-state index contributed by atoms with van der Waals surface area (Å²) in [6, 6.07) is 9.24. The van der Waals surface area contributed by atoms with Gasteiger partial charge in [-0.3, -0.25) is 4.79 Å². The first-order valence-corrected chi connectivity index (χ1v) is 13.8. The van der Waals surface area contributed by atoms with Crippen LogP contribution in [0.2, 0.25) is 0 Å². The zero-order valence-corrected chi connectivity index (χ0v) is 22.1. The van der Waals surface area contributed by atoms with Crippen molar-refractivity contribution < 1.29 is 9.53 Å². The summed E-state index contributed by atoms with van der Waals surface area (Å²) in [7, 11) is 0. The first-order chi connectivity index (χ1) is 18.5. The van der Waals surface area contributed by atoms with Gasteiger partial charge in [0.2, 0.25) is 0 Å². The number of nitrogen functional groups attached to an aromatic ring is 1. The maximum absolute atomic E-state index is 13.5. The minimum atomic E-state index is -0.285. The maximum Gasteiger partial charge on any atom is 0.274 e. The van der Waals surface area contributed by atoms with Crippen LogP contribution in [0.25, 0.3) is 21.6 Å². The number of carbonyl (C=O) groups excluding carboxylic acids is 1. The van der Waals surface area contributed by atoms with Crippen molar-refractivity contribution in [1.82, 2.24) is 19.9 Å². The van der Waals surface area contributed by atoms with Crippen LogP contribution in [0.5, 0.6) is 0 Å². The Kier molecular flexibility index (Phi) is 6.77. The smallest absolute Gasteiger partial charge is 0.274 e. The van der Waals surface area contributed by atoms with E-state index in [2.05, 4.69) is 25.1 Å². The van der Waals surface area contributed by atoms with E-state index in [1.54, 1.807) is 29.7 Å². The number of amides is 1. The monoisotopic (exact) mass is 530 g/mol. The number of anilines is 4. The van der Waals surface area contributed by atoms with Crippen LogP contribution in [-0.4, -0.2) is 65.2 Å². The summed E-state index contributed by atoms with van der Waals surface area (Å²) in [6.45, 7) is 6.78. The summed E-state index contributed by atoms with van der Waals surface area (Å²) in [4.78, 5) is 36.6. The molecule has 0 aromatic carbocycles. The molecule has 196 valence electrons. The Bertz CT molecular complexity index is 1460. The van der Waals surface area contributed by atoms with E-state index < -0.39 is 0 Å². The molecular weight excluding hydrogens is 500 g/mol. The van der Waals surface area contributed by atoms with Crippen molar-refractivity contribution in [2.45, 2.75) is 26.2 Å². The molecule has 0 bridgehead atoms. The van der Waals surface area contributed by atoms with Gasteiger partial charge in [-0.15, -0.1) is 0 Å². The summed E-state index contributed by atoms with van der Waals surface area (Å²) in [5.41, 5.74) is 9.92. The lowest BCUT2D eigenvalue weighted by molar-refractivity contribution is 0.102. The topological polar surface area (TPSA) is 122 Å². The number of aromatic nitrogens is 4. The molecule has 4 aromatic rings. The van der Waals surface area contributed by atoms with Crippen molar-refractivity contribution in [2.75, 3.05) is 60.2 Å². The second kappa shape index (κ2) is 10.5. The summed E-state index contributed by atoms with van der Waals surface area (Å²) < 4.78 is 6.44. The van der Waals surface area contributed by atoms with Crippen molar-refractivity contribution in [3.05, 3.63) is 47.8 Å². The highest BCUT2D eigenvalue weighted by Gasteiger charge is 2.23. The van der Waals surface area contributed by atoms with Gasteiger partial charge in [0.1, 0.15) is 11.5 Å².